The second-order valence-electron chi connectivity index (χ2n) is 19.1. The highest BCUT2D eigenvalue weighted by atomic mass is 32.2. The van der Waals surface area contributed by atoms with Crippen LogP contribution in [0.15, 0.2) is 92.4 Å². The Morgan fingerprint density at radius 1 is 0.329 bits per heavy atom. The number of benzene rings is 5. The van der Waals surface area contributed by atoms with Gasteiger partial charge in [-0.3, -0.25) is 0 Å². The molecule has 5 aromatic carbocycles. The lowest BCUT2D eigenvalue weighted by molar-refractivity contribution is 0.351. The van der Waals surface area contributed by atoms with Gasteiger partial charge in [0.05, 0.1) is 19.6 Å². The van der Waals surface area contributed by atoms with Crippen LogP contribution < -0.4 is 0 Å². The molecule has 0 aromatic heterocycles. The molecule has 0 unspecified atom stereocenters. The largest absolute Gasteiger partial charge is 0.243 e. The molecule has 0 aliphatic carbocycles. The van der Waals surface area contributed by atoms with Crippen molar-refractivity contribution in [2.75, 3.05) is 39.3 Å². The zero-order valence-corrected chi connectivity index (χ0v) is 47.0. The van der Waals surface area contributed by atoms with Gasteiger partial charge >= 0.3 is 0 Å². The number of hydrogen-bond acceptors (Lipinski definition) is 8. The van der Waals surface area contributed by atoms with Gasteiger partial charge in [0.25, 0.3) is 0 Å². The predicted octanol–water partition coefficient (Wildman–Crippen LogP) is 9.97. The molecule has 0 spiro atoms. The van der Waals surface area contributed by atoms with Crippen LogP contribution in [0.3, 0.4) is 0 Å². The van der Waals surface area contributed by atoms with E-state index in [1.54, 1.807) is 93.5 Å². The molecule has 0 heterocycles. The van der Waals surface area contributed by atoms with Gasteiger partial charge in [0.15, 0.2) is 0 Å². The van der Waals surface area contributed by atoms with Gasteiger partial charge in [0.1, 0.15) is 0 Å². The summed E-state index contributed by atoms with van der Waals surface area (Å²) in [6, 6.07) is 21.9. The summed E-state index contributed by atoms with van der Waals surface area (Å²) in [5.41, 5.74) is 9.78. The summed E-state index contributed by atoms with van der Waals surface area (Å²) >= 11 is 0. The van der Waals surface area contributed by atoms with E-state index in [9.17, 15) is 16.8 Å². The molecule has 5 rings (SSSR count). The lowest BCUT2D eigenvalue weighted by Gasteiger charge is -2.29. The molecule has 16 heteroatoms. The molecule has 0 amide bonds. The molecule has 12 nitrogen and oxygen atoms in total. The second-order valence-corrected chi connectivity index (χ2v) is 26.6. The van der Waals surface area contributed by atoms with Crippen molar-refractivity contribution in [3.05, 3.63) is 151 Å². The monoisotopic (exact) mass is 1030 g/mol. The van der Waals surface area contributed by atoms with Crippen LogP contribution in [0.25, 0.3) is 0 Å². The number of sulfonamides is 4. The summed E-state index contributed by atoms with van der Waals surface area (Å²) in [4.78, 5) is 0.838. The van der Waals surface area contributed by atoms with Gasteiger partial charge in [0, 0.05) is 52.4 Å². The minimum Gasteiger partial charge on any atom is -0.207 e. The Balaban J connectivity index is 1.55. The lowest BCUT2D eigenvalue weighted by Crippen LogP contribution is -2.38. The lowest BCUT2D eigenvalue weighted by atomic mass is 10.1. The number of hydrogen-bond donors (Lipinski definition) is 0. The summed E-state index contributed by atoms with van der Waals surface area (Å²) < 4.78 is 123. The van der Waals surface area contributed by atoms with Gasteiger partial charge in [-0.1, -0.05) is 109 Å². The van der Waals surface area contributed by atoms with Crippen LogP contribution in [0.1, 0.15) is 105 Å². The van der Waals surface area contributed by atoms with E-state index in [1.807, 2.05) is 76.2 Å². The Morgan fingerprint density at radius 3 is 0.743 bits per heavy atom. The van der Waals surface area contributed by atoms with E-state index >= 15 is 16.8 Å². The number of aryl methyl sites for hydroxylation is 12. The molecule has 0 saturated carbocycles. The van der Waals surface area contributed by atoms with E-state index in [-0.39, 0.29) is 84.8 Å². The van der Waals surface area contributed by atoms with Crippen LogP contribution in [0.4, 0.5) is 0 Å². The first-order valence-corrected chi connectivity index (χ1v) is 29.7. The third kappa shape index (κ3) is 12.3. The maximum atomic E-state index is 15.1. The van der Waals surface area contributed by atoms with Crippen molar-refractivity contribution in [3.63, 3.8) is 0 Å². The first-order valence-electron chi connectivity index (χ1n) is 24.0. The minimum absolute atomic E-state index is 0.0354. The molecule has 0 radical (unpaired) electrons. The minimum atomic E-state index is -4.22. The number of nitrogens with zero attached hydrogens (tertiary/aromatic N) is 4. The summed E-state index contributed by atoms with van der Waals surface area (Å²) in [6.45, 7) is 25.5. The standard InChI is InChI=1S/C54H74N4O8S4/c1-15-55(67(59,60)51-41(7)27-37(3)28-42(51)8)23-19-25-57(69(63,64)53-45(11)31-39(5)32-46(53)12)35-49-21-17-18-22-50(49)36-58(70(65,66)54-47(13)33-40(6)34-48(54)14)26-20-24-56(16-2)68(61,62)52-43(9)29-38(4)30-44(52)10/h17-18,21-22,27-34H,15-16,19-20,23-26,35-36H2,1-14H3. The molecule has 0 fully saturated rings. The normalized spacial score (nSPS) is 12.8. The van der Waals surface area contributed by atoms with Crippen LogP contribution in [-0.2, 0) is 53.2 Å². The average molecular weight is 1040 g/mol. The highest BCUT2D eigenvalue weighted by Crippen LogP contribution is 2.32. The third-order valence-corrected chi connectivity index (χ3v) is 21.8. The van der Waals surface area contributed by atoms with Crippen molar-refractivity contribution in [2.24, 2.45) is 0 Å². The smallest absolute Gasteiger partial charge is 0.207 e. The Bertz CT molecular complexity index is 2900. The fraction of sp³-hybridized carbons (Fsp3) is 0.444. The molecule has 5 aromatic rings. The van der Waals surface area contributed by atoms with E-state index in [0.29, 0.717) is 55.6 Å². The molecule has 0 aliphatic heterocycles. The zero-order chi connectivity index (χ0) is 52.3. The van der Waals surface area contributed by atoms with Gasteiger partial charge in [-0.25, -0.2) is 33.7 Å². The molecule has 382 valence electrons. The van der Waals surface area contributed by atoms with Crippen LogP contribution in [0.5, 0.6) is 0 Å². The van der Waals surface area contributed by atoms with Gasteiger partial charge < -0.3 is 0 Å². The second kappa shape index (κ2) is 22.7. The van der Waals surface area contributed by atoms with Crippen molar-refractivity contribution in [1.29, 1.82) is 0 Å². The molecule has 0 aliphatic rings. The first-order chi connectivity index (χ1) is 32.6. The Morgan fingerprint density at radius 2 is 0.529 bits per heavy atom. The van der Waals surface area contributed by atoms with Gasteiger partial charge in [0.2, 0.25) is 40.1 Å². The van der Waals surface area contributed by atoms with Gasteiger partial charge in [-0.2, -0.15) is 17.2 Å². The Kier molecular flexibility index (Phi) is 18.3. The Hall–Kier alpha value is -4.26. The summed E-state index contributed by atoms with van der Waals surface area (Å²) in [5.74, 6) is 0. The zero-order valence-electron chi connectivity index (χ0n) is 43.7. The fourth-order valence-electron chi connectivity index (χ4n) is 10.4. The molecular formula is C54H74N4O8S4. The summed E-state index contributed by atoms with van der Waals surface area (Å²) in [5, 5.41) is 0. The maximum Gasteiger partial charge on any atom is 0.243 e. The van der Waals surface area contributed by atoms with Crippen molar-refractivity contribution in [2.45, 2.75) is 142 Å². The first kappa shape index (κ1) is 56.7. The topological polar surface area (TPSA) is 150 Å². The van der Waals surface area contributed by atoms with Crippen molar-refractivity contribution < 1.29 is 33.7 Å². The maximum absolute atomic E-state index is 15.1. The van der Waals surface area contributed by atoms with E-state index in [0.717, 1.165) is 22.3 Å². The van der Waals surface area contributed by atoms with E-state index in [4.69, 9.17) is 0 Å². The predicted molar refractivity (Wildman–Crippen MR) is 282 cm³/mol. The fourth-order valence-corrected chi connectivity index (χ4v) is 17.9. The average Bonchev–Trinajstić information content (AvgIpc) is 3.21. The molecule has 0 N–H and O–H groups in total. The summed E-state index contributed by atoms with van der Waals surface area (Å²) in [6.07, 6.45) is 0.348. The van der Waals surface area contributed by atoms with Crippen molar-refractivity contribution in [3.8, 4) is 0 Å². The third-order valence-electron chi connectivity index (χ3n) is 13.0. The van der Waals surface area contributed by atoms with Crippen molar-refractivity contribution >= 4 is 40.1 Å². The van der Waals surface area contributed by atoms with E-state index < -0.39 is 40.1 Å². The Labute approximate surface area is 421 Å². The highest BCUT2D eigenvalue weighted by Gasteiger charge is 2.34. The molecule has 0 atom stereocenters. The molecule has 0 bridgehead atoms. The SMILES string of the molecule is CCN(CCCN(Cc1ccccc1CN(CCCN(CC)S(=O)(=O)c1c(C)cc(C)cc1C)S(=O)(=O)c1c(C)cc(C)cc1C)S(=O)(=O)c1c(C)cc(C)cc1C)S(=O)(=O)c1c(C)cc(C)cc1C. The van der Waals surface area contributed by atoms with E-state index in [1.165, 1.54) is 17.2 Å². The number of rotatable bonds is 22. The van der Waals surface area contributed by atoms with Crippen LogP contribution in [-0.4, -0.2) is 90.2 Å². The van der Waals surface area contributed by atoms with Crippen LogP contribution in [0, 0.1) is 83.1 Å². The molecule has 0 saturated heterocycles. The summed E-state index contributed by atoms with van der Waals surface area (Å²) in [7, 11) is -16.3. The van der Waals surface area contributed by atoms with Crippen molar-refractivity contribution in [1.82, 2.24) is 17.2 Å². The quantitative estimate of drug-likeness (QED) is 0.0665. The van der Waals surface area contributed by atoms with Crippen LogP contribution in [0.2, 0.25) is 0 Å². The van der Waals surface area contributed by atoms with Crippen LogP contribution >= 0.6 is 0 Å². The highest BCUT2D eigenvalue weighted by molar-refractivity contribution is 7.90. The van der Waals surface area contributed by atoms with Gasteiger partial charge in [-0.15, -0.1) is 0 Å². The van der Waals surface area contributed by atoms with Gasteiger partial charge in [-0.05, 0) is 152 Å². The molecule has 70 heavy (non-hydrogen) atoms. The van der Waals surface area contributed by atoms with E-state index in [2.05, 4.69) is 0 Å². The molecular weight excluding hydrogens is 961 g/mol.